The van der Waals surface area contributed by atoms with Gasteiger partial charge in [-0.15, -0.1) is 0 Å². The first-order valence-electron chi connectivity index (χ1n) is 9.61. The van der Waals surface area contributed by atoms with Gasteiger partial charge in [-0.1, -0.05) is 28.6 Å². The molecule has 2 rings (SSSR count). The Kier molecular flexibility index (Phi) is 11.1. The molecule has 28 heavy (non-hydrogen) atoms. The van der Waals surface area contributed by atoms with Crippen molar-refractivity contribution < 1.29 is 28.4 Å². The summed E-state index contributed by atoms with van der Waals surface area (Å²) in [6.07, 6.45) is 1.73. The van der Waals surface area contributed by atoms with E-state index >= 15 is 0 Å². The van der Waals surface area contributed by atoms with Gasteiger partial charge in [-0.05, 0) is 26.0 Å². The number of benzene rings is 1. The number of fused-ring (bicyclic) bond motifs is 2. The van der Waals surface area contributed by atoms with E-state index in [0.29, 0.717) is 59.5 Å². The van der Waals surface area contributed by atoms with Crippen molar-refractivity contribution in [3.05, 3.63) is 40.4 Å². The SMILES string of the molecule is C=CCOc1c2cc(Br)cc1COCCO[C@@H](C)COC[C@H](C)OCCOC2. The van der Waals surface area contributed by atoms with Crippen molar-refractivity contribution in [3.8, 4) is 5.75 Å². The van der Waals surface area contributed by atoms with Gasteiger partial charge in [0.05, 0.1) is 65.1 Å². The molecular weight excluding hydrogens is 428 g/mol. The van der Waals surface area contributed by atoms with E-state index in [4.69, 9.17) is 28.4 Å². The van der Waals surface area contributed by atoms with Crippen molar-refractivity contribution in [2.75, 3.05) is 46.2 Å². The zero-order valence-electron chi connectivity index (χ0n) is 16.8. The van der Waals surface area contributed by atoms with E-state index < -0.39 is 0 Å². The summed E-state index contributed by atoms with van der Waals surface area (Å²) in [6.45, 7) is 12.0. The molecule has 0 amide bonds. The molecule has 158 valence electrons. The first-order valence-corrected chi connectivity index (χ1v) is 10.4. The zero-order chi connectivity index (χ0) is 20.2. The van der Waals surface area contributed by atoms with Crippen LogP contribution in [0.5, 0.6) is 5.75 Å². The molecule has 1 aromatic rings. The van der Waals surface area contributed by atoms with Crippen LogP contribution in [0.1, 0.15) is 25.0 Å². The second-order valence-corrected chi connectivity index (χ2v) is 7.57. The van der Waals surface area contributed by atoms with Gasteiger partial charge < -0.3 is 28.4 Å². The van der Waals surface area contributed by atoms with Gasteiger partial charge in [-0.25, -0.2) is 0 Å². The van der Waals surface area contributed by atoms with Crippen LogP contribution in [-0.2, 0) is 36.9 Å². The van der Waals surface area contributed by atoms with Crippen LogP contribution in [0.3, 0.4) is 0 Å². The van der Waals surface area contributed by atoms with Crippen molar-refractivity contribution in [1.29, 1.82) is 0 Å². The van der Waals surface area contributed by atoms with Crippen molar-refractivity contribution in [3.63, 3.8) is 0 Å². The second-order valence-electron chi connectivity index (χ2n) is 6.66. The molecule has 1 aromatic carbocycles. The summed E-state index contributed by atoms with van der Waals surface area (Å²) >= 11 is 3.57. The molecule has 1 aliphatic rings. The van der Waals surface area contributed by atoms with Crippen LogP contribution in [0.4, 0.5) is 0 Å². The van der Waals surface area contributed by atoms with Gasteiger partial charge in [0.1, 0.15) is 12.4 Å². The Bertz CT molecular complexity index is 553. The lowest BCUT2D eigenvalue weighted by Crippen LogP contribution is -2.24. The lowest BCUT2D eigenvalue weighted by molar-refractivity contribution is -0.0652. The molecular formula is C21H31BrO6. The average molecular weight is 459 g/mol. The van der Waals surface area contributed by atoms with E-state index in [0.717, 1.165) is 21.3 Å². The number of rotatable bonds is 3. The van der Waals surface area contributed by atoms with E-state index in [1.54, 1.807) is 6.08 Å². The fraction of sp³-hybridized carbons (Fsp3) is 0.619. The summed E-state index contributed by atoms with van der Waals surface area (Å²) in [6, 6.07) is 4.00. The Morgan fingerprint density at radius 1 is 0.964 bits per heavy atom. The van der Waals surface area contributed by atoms with Gasteiger partial charge in [0, 0.05) is 15.6 Å². The quantitative estimate of drug-likeness (QED) is 0.640. The molecule has 0 unspecified atom stereocenters. The number of hydrogen-bond donors (Lipinski definition) is 0. The van der Waals surface area contributed by atoms with Gasteiger partial charge in [0.2, 0.25) is 0 Å². The minimum Gasteiger partial charge on any atom is -0.489 e. The third-order valence-corrected chi connectivity index (χ3v) is 4.49. The normalized spacial score (nSPS) is 23.4. The summed E-state index contributed by atoms with van der Waals surface area (Å²) in [5.41, 5.74) is 1.91. The highest BCUT2D eigenvalue weighted by Gasteiger charge is 2.13. The first kappa shape index (κ1) is 23.3. The molecule has 0 saturated heterocycles. The average Bonchev–Trinajstić information content (AvgIpc) is 2.66. The number of hydrogen-bond acceptors (Lipinski definition) is 6. The molecule has 0 aromatic heterocycles. The van der Waals surface area contributed by atoms with Gasteiger partial charge in [-0.2, -0.15) is 0 Å². The van der Waals surface area contributed by atoms with Crippen LogP contribution in [-0.4, -0.2) is 58.5 Å². The van der Waals surface area contributed by atoms with Gasteiger partial charge in [0.25, 0.3) is 0 Å². The Balaban J connectivity index is 2.09. The summed E-state index contributed by atoms with van der Waals surface area (Å²) in [5, 5.41) is 0. The largest absolute Gasteiger partial charge is 0.489 e. The van der Waals surface area contributed by atoms with E-state index in [1.165, 1.54) is 0 Å². The molecule has 0 aliphatic carbocycles. The monoisotopic (exact) mass is 458 g/mol. The Morgan fingerprint density at radius 3 is 2.00 bits per heavy atom. The van der Waals surface area contributed by atoms with Crippen molar-refractivity contribution in [1.82, 2.24) is 0 Å². The lowest BCUT2D eigenvalue weighted by Gasteiger charge is -2.19. The highest BCUT2D eigenvalue weighted by atomic mass is 79.9. The molecule has 1 aliphatic heterocycles. The summed E-state index contributed by atoms with van der Waals surface area (Å²) in [7, 11) is 0. The molecule has 2 atom stereocenters. The Labute approximate surface area is 176 Å². The molecule has 1 heterocycles. The van der Waals surface area contributed by atoms with Gasteiger partial charge in [0.15, 0.2) is 0 Å². The van der Waals surface area contributed by atoms with Crippen LogP contribution in [0.2, 0.25) is 0 Å². The topological polar surface area (TPSA) is 55.4 Å². The fourth-order valence-electron chi connectivity index (χ4n) is 2.73. The van der Waals surface area contributed by atoms with E-state index in [-0.39, 0.29) is 12.2 Å². The van der Waals surface area contributed by atoms with Gasteiger partial charge in [-0.3, -0.25) is 0 Å². The molecule has 2 bridgehead atoms. The van der Waals surface area contributed by atoms with Crippen molar-refractivity contribution in [2.24, 2.45) is 0 Å². The molecule has 6 nitrogen and oxygen atoms in total. The predicted octanol–water partition coefficient (Wildman–Crippen LogP) is 3.89. The Morgan fingerprint density at radius 2 is 1.50 bits per heavy atom. The zero-order valence-corrected chi connectivity index (χ0v) is 18.4. The summed E-state index contributed by atoms with van der Waals surface area (Å²) < 4.78 is 35.6. The summed E-state index contributed by atoms with van der Waals surface area (Å²) in [5.74, 6) is 0.779. The lowest BCUT2D eigenvalue weighted by atomic mass is 10.1. The number of ether oxygens (including phenoxy) is 6. The van der Waals surface area contributed by atoms with Crippen LogP contribution in [0, 0.1) is 0 Å². The molecule has 0 saturated carbocycles. The smallest absolute Gasteiger partial charge is 0.130 e. The Hall–Kier alpha value is -0.960. The van der Waals surface area contributed by atoms with Crippen LogP contribution in [0.15, 0.2) is 29.3 Å². The summed E-state index contributed by atoms with van der Waals surface area (Å²) in [4.78, 5) is 0. The molecule has 0 fully saturated rings. The second kappa shape index (κ2) is 13.3. The van der Waals surface area contributed by atoms with E-state index in [9.17, 15) is 0 Å². The van der Waals surface area contributed by atoms with Crippen LogP contribution in [0.25, 0.3) is 0 Å². The third kappa shape index (κ3) is 8.59. The molecule has 0 spiro atoms. The van der Waals surface area contributed by atoms with Crippen LogP contribution < -0.4 is 4.74 Å². The van der Waals surface area contributed by atoms with Crippen molar-refractivity contribution >= 4 is 15.9 Å². The maximum atomic E-state index is 5.91. The number of halogens is 1. The molecule has 0 radical (unpaired) electrons. The van der Waals surface area contributed by atoms with Gasteiger partial charge >= 0.3 is 0 Å². The predicted molar refractivity (Wildman–Crippen MR) is 111 cm³/mol. The highest BCUT2D eigenvalue weighted by molar-refractivity contribution is 9.10. The van der Waals surface area contributed by atoms with E-state index in [1.807, 2.05) is 26.0 Å². The maximum Gasteiger partial charge on any atom is 0.130 e. The minimum atomic E-state index is 0.00183. The molecule has 0 N–H and O–H groups in total. The standard InChI is InChI=1S/C21H31BrO6/c1-4-5-28-21-18-10-20(22)11-19(21)15-24-7-9-27-17(3)13-25-12-16(2)26-8-6-23-14-18/h4,10-11,16-17H,1,5-9,12-15H2,2-3H3/t16-,17-/m0/s1. The third-order valence-electron chi connectivity index (χ3n) is 4.03. The minimum absolute atomic E-state index is 0.00183. The highest BCUT2D eigenvalue weighted by Crippen LogP contribution is 2.30. The van der Waals surface area contributed by atoms with E-state index in [2.05, 4.69) is 22.5 Å². The van der Waals surface area contributed by atoms with Crippen molar-refractivity contribution in [2.45, 2.75) is 39.3 Å². The fourth-order valence-corrected chi connectivity index (χ4v) is 3.28. The van der Waals surface area contributed by atoms with Crippen LogP contribution >= 0.6 is 15.9 Å². The molecule has 7 heteroatoms. The first-order chi connectivity index (χ1) is 13.6. The maximum absolute atomic E-state index is 5.91.